The normalized spacial score (nSPS) is 16.1. The first-order valence-electron chi connectivity index (χ1n) is 11.1. The summed E-state index contributed by atoms with van der Waals surface area (Å²) in [6.07, 6.45) is 0.328. The first-order valence-corrected chi connectivity index (χ1v) is 11.1. The summed E-state index contributed by atoms with van der Waals surface area (Å²) in [7, 11) is 0. The lowest BCUT2D eigenvalue weighted by Gasteiger charge is -2.27. The van der Waals surface area contributed by atoms with E-state index in [0.717, 1.165) is 0 Å². The Balaban J connectivity index is 5.42. The second kappa shape index (κ2) is 14.8. The van der Waals surface area contributed by atoms with Crippen LogP contribution in [0.4, 0.5) is 0 Å². The smallest absolute Gasteiger partial charge is 0.326 e. The summed E-state index contributed by atoms with van der Waals surface area (Å²) in [5.74, 6) is -3.36. The van der Waals surface area contributed by atoms with Crippen LogP contribution >= 0.6 is 0 Å². The Morgan fingerprint density at radius 2 is 1.41 bits per heavy atom. The molecule has 5 atom stereocenters. The molecule has 32 heavy (non-hydrogen) atoms. The minimum atomic E-state index is -1.40. The molecular weight excluding hydrogens is 418 g/mol. The Labute approximate surface area is 190 Å². The maximum absolute atomic E-state index is 12.9. The number of aliphatic hydroxyl groups excluding tert-OH is 1. The van der Waals surface area contributed by atoms with Crippen molar-refractivity contribution in [3.8, 4) is 0 Å². The van der Waals surface area contributed by atoms with E-state index >= 15 is 0 Å². The highest BCUT2D eigenvalue weighted by Crippen LogP contribution is 2.08. The Kier molecular flexibility index (Phi) is 13.7. The van der Waals surface area contributed by atoms with E-state index in [1.807, 2.05) is 13.8 Å². The number of carboxylic acids is 1. The zero-order valence-corrected chi connectivity index (χ0v) is 19.8. The molecule has 3 amide bonds. The van der Waals surface area contributed by atoms with Crippen molar-refractivity contribution in [1.29, 1.82) is 0 Å². The van der Waals surface area contributed by atoms with Crippen LogP contribution in [-0.4, -0.2) is 70.7 Å². The van der Waals surface area contributed by atoms with Crippen LogP contribution in [0.3, 0.4) is 0 Å². The van der Waals surface area contributed by atoms with Crippen molar-refractivity contribution < 1.29 is 29.4 Å². The van der Waals surface area contributed by atoms with Gasteiger partial charge in [0.25, 0.3) is 0 Å². The molecule has 0 spiro atoms. The van der Waals surface area contributed by atoms with Gasteiger partial charge in [-0.2, -0.15) is 0 Å². The van der Waals surface area contributed by atoms with Crippen molar-refractivity contribution in [3.63, 3.8) is 0 Å². The minimum absolute atomic E-state index is 0.00305. The highest BCUT2D eigenvalue weighted by atomic mass is 16.4. The summed E-state index contributed by atoms with van der Waals surface area (Å²) in [6.45, 7) is 8.90. The molecule has 5 unspecified atom stereocenters. The van der Waals surface area contributed by atoms with Crippen molar-refractivity contribution in [2.45, 2.75) is 90.6 Å². The van der Waals surface area contributed by atoms with Gasteiger partial charge in [-0.15, -0.1) is 0 Å². The molecule has 0 saturated carbocycles. The predicted molar refractivity (Wildman–Crippen MR) is 120 cm³/mol. The summed E-state index contributed by atoms with van der Waals surface area (Å²) in [5.41, 5.74) is 11.4. The van der Waals surface area contributed by atoms with E-state index in [-0.39, 0.29) is 24.7 Å². The molecule has 0 aliphatic carbocycles. The summed E-state index contributed by atoms with van der Waals surface area (Å²) < 4.78 is 0. The van der Waals surface area contributed by atoms with Gasteiger partial charge in [-0.1, -0.05) is 27.7 Å². The number of hydrogen-bond acceptors (Lipinski definition) is 7. The number of carboxylic acid groups (broad SMARTS) is 1. The van der Waals surface area contributed by atoms with Gasteiger partial charge >= 0.3 is 5.97 Å². The van der Waals surface area contributed by atoms with Crippen molar-refractivity contribution in [2.75, 3.05) is 6.54 Å². The predicted octanol–water partition coefficient (Wildman–Crippen LogP) is -0.935. The van der Waals surface area contributed by atoms with E-state index in [4.69, 9.17) is 11.5 Å². The summed E-state index contributed by atoms with van der Waals surface area (Å²) in [5, 5.41) is 26.8. The maximum atomic E-state index is 12.9. The lowest BCUT2D eigenvalue weighted by molar-refractivity contribution is -0.143. The van der Waals surface area contributed by atoms with Gasteiger partial charge in [0.05, 0.1) is 12.1 Å². The molecule has 11 nitrogen and oxygen atoms in total. The van der Waals surface area contributed by atoms with E-state index in [2.05, 4.69) is 16.0 Å². The number of carbonyl (C=O) groups excluding carboxylic acids is 3. The lowest BCUT2D eigenvalue weighted by atomic mass is 10.0. The second-order valence-corrected chi connectivity index (χ2v) is 8.87. The zero-order chi connectivity index (χ0) is 25.0. The van der Waals surface area contributed by atoms with Gasteiger partial charge in [0.15, 0.2) is 0 Å². The zero-order valence-electron chi connectivity index (χ0n) is 19.8. The highest BCUT2D eigenvalue weighted by Gasteiger charge is 2.33. The van der Waals surface area contributed by atoms with Crippen molar-refractivity contribution in [1.82, 2.24) is 16.0 Å². The molecule has 0 saturated heterocycles. The van der Waals surface area contributed by atoms with Gasteiger partial charge in [-0.3, -0.25) is 14.4 Å². The molecule has 0 aromatic heterocycles. The number of nitrogens with two attached hydrogens (primary N) is 2. The summed E-state index contributed by atoms with van der Waals surface area (Å²) in [6, 6.07) is -4.36. The van der Waals surface area contributed by atoms with Crippen LogP contribution in [0.1, 0.15) is 60.3 Å². The van der Waals surface area contributed by atoms with Crippen LogP contribution < -0.4 is 27.4 Å². The third-order valence-corrected chi connectivity index (χ3v) is 4.99. The average molecular weight is 460 g/mol. The van der Waals surface area contributed by atoms with Gasteiger partial charge < -0.3 is 37.6 Å². The van der Waals surface area contributed by atoms with Crippen LogP contribution in [0.2, 0.25) is 0 Å². The molecule has 186 valence electrons. The largest absolute Gasteiger partial charge is 0.480 e. The van der Waals surface area contributed by atoms with Gasteiger partial charge in [0, 0.05) is 0 Å². The molecule has 0 bridgehead atoms. The number of hydrogen-bond donors (Lipinski definition) is 7. The van der Waals surface area contributed by atoms with E-state index in [1.165, 1.54) is 6.92 Å². The molecule has 0 aromatic rings. The van der Waals surface area contributed by atoms with E-state index < -0.39 is 54.0 Å². The monoisotopic (exact) mass is 459 g/mol. The first kappa shape index (κ1) is 29.8. The quantitative estimate of drug-likeness (QED) is 0.152. The molecule has 0 aromatic carbocycles. The van der Waals surface area contributed by atoms with Crippen LogP contribution in [0, 0.1) is 11.8 Å². The van der Waals surface area contributed by atoms with Crippen LogP contribution in [0.25, 0.3) is 0 Å². The van der Waals surface area contributed by atoms with Crippen molar-refractivity contribution in [2.24, 2.45) is 23.3 Å². The molecular formula is C21H41N5O6. The fourth-order valence-electron chi connectivity index (χ4n) is 2.95. The number of unbranched alkanes of at least 4 members (excludes halogenated alkanes) is 1. The van der Waals surface area contributed by atoms with Crippen LogP contribution in [0.5, 0.6) is 0 Å². The summed E-state index contributed by atoms with van der Waals surface area (Å²) >= 11 is 0. The number of aliphatic hydroxyl groups is 1. The van der Waals surface area contributed by atoms with Gasteiger partial charge in [0.2, 0.25) is 17.7 Å². The first-order chi connectivity index (χ1) is 14.8. The number of carbonyl (C=O) groups is 4. The molecule has 0 heterocycles. The molecule has 0 aliphatic heterocycles. The average Bonchev–Trinajstić information content (AvgIpc) is 2.68. The lowest BCUT2D eigenvalue weighted by Crippen LogP contribution is -2.60. The molecule has 0 radical (unpaired) electrons. The van der Waals surface area contributed by atoms with Crippen LogP contribution in [-0.2, 0) is 19.2 Å². The number of rotatable bonds is 15. The molecule has 0 fully saturated rings. The SMILES string of the molecule is CC(C)CC(NC(=O)C(NC(=O)C(CCCCN)NC(=O)C(N)C(C)C)C(C)O)C(=O)O. The highest BCUT2D eigenvalue weighted by molar-refractivity contribution is 5.94. The van der Waals surface area contributed by atoms with E-state index in [1.54, 1.807) is 13.8 Å². The van der Waals surface area contributed by atoms with Gasteiger partial charge in [-0.05, 0) is 51.0 Å². The Morgan fingerprint density at radius 3 is 1.84 bits per heavy atom. The van der Waals surface area contributed by atoms with E-state index in [9.17, 15) is 29.4 Å². The number of nitrogens with one attached hydrogen (secondary N) is 3. The third-order valence-electron chi connectivity index (χ3n) is 4.99. The molecule has 0 rings (SSSR count). The van der Waals surface area contributed by atoms with E-state index in [0.29, 0.717) is 19.4 Å². The summed E-state index contributed by atoms with van der Waals surface area (Å²) in [4.78, 5) is 49.3. The van der Waals surface area contributed by atoms with Crippen LogP contribution in [0.15, 0.2) is 0 Å². The van der Waals surface area contributed by atoms with Crippen molar-refractivity contribution in [3.05, 3.63) is 0 Å². The van der Waals surface area contributed by atoms with Gasteiger partial charge in [0.1, 0.15) is 18.1 Å². The topological polar surface area (TPSA) is 197 Å². The fourth-order valence-corrected chi connectivity index (χ4v) is 2.95. The second-order valence-electron chi connectivity index (χ2n) is 8.87. The number of amides is 3. The van der Waals surface area contributed by atoms with Gasteiger partial charge in [-0.25, -0.2) is 4.79 Å². The molecule has 0 aliphatic rings. The third kappa shape index (κ3) is 10.9. The molecule has 9 N–H and O–H groups in total. The standard InChI is InChI=1S/C21H41N5O6/c1-11(2)10-15(21(31)32)25-20(30)17(13(5)27)26-18(28)14(8-6-7-9-22)24-19(29)16(23)12(3)4/h11-17,27H,6-10,22-23H2,1-5H3,(H,24,29)(H,25,30)(H,26,28)(H,31,32). The van der Waals surface area contributed by atoms with Crippen molar-refractivity contribution >= 4 is 23.7 Å². The number of aliphatic carboxylic acids is 1. The maximum Gasteiger partial charge on any atom is 0.326 e. The molecule has 11 heteroatoms. The minimum Gasteiger partial charge on any atom is -0.480 e. The Hall–Kier alpha value is -2.24. The Morgan fingerprint density at radius 1 is 0.844 bits per heavy atom. The fraction of sp³-hybridized carbons (Fsp3) is 0.810. The Bertz CT molecular complexity index is 626.